The number of benzene rings is 1. The highest BCUT2D eigenvalue weighted by Gasteiger charge is 2.25. The lowest BCUT2D eigenvalue weighted by Gasteiger charge is -2.19. The molecule has 1 saturated heterocycles. The van der Waals surface area contributed by atoms with E-state index in [1.165, 1.54) is 25.6 Å². The first kappa shape index (κ1) is 16.0. The van der Waals surface area contributed by atoms with E-state index in [-0.39, 0.29) is 23.8 Å². The van der Waals surface area contributed by atoms with Crippen molar-refractivity contribution < 1.29 is 13.9 Å². The van der Waals surface area contributed by atoms with Gasteiger partial charge in [0.1, 0.15) is 5.82 Å². The normalized spacial score (nSPS) is 16.8. The average Bonchev–Trinajstić information content (AvgIpc) is 3.04. The number of halogens is 1. The Morgan fingerprint density at radius 3 is 2.79 bits per heavy atom. The molecule has 7 nitrogen and oxygen atoms in total. The molecule has 2 heterocycles. The number of aromatic nitrogens is 2. The van der Waals surface area contributed by atoms with Gasteiger partial charge >= 0.3 is 6.03 Å². The number of para-hydroxylation sites is 1. The predicted octanol–water partition coefficient (Wildman–Crippen LogP) is 2.02. The molecule has 1 unspecified atom stereocenters. The molecule has 3 rings (SSSR count). The van der Waals surface area contributed by atoms with Crippen LogP contribution >= 0.6 is 0 Å². The average molecular weight is 331 g/mol. The van der Waals surface area contributed by atoms with Gasteiger partial charge in [-0.15, -0.1) is 0 Å². The molecule has 0 radical (unpaired) electrons. The van der Waals surface area contributed by atoms with Crippen molar-refractivity contribution in [1.29, 1.82) is 0 Å². The number of anilines is 2. The van der Waals surface area contributed by atoms with Gasteiger partial charge in [-0.05, 0) is 18.6 Å². The third-order valence-electron chi connectivity index (χ3n) is 3.81. The van der Waals surface area contributed by atoms with Gasteiger partial charge in [0.25, 0.3) is 0 Å². The van der Waals surface area contributed by atoms with Crippen LogP contribution in [-0.4, -0.2) is 42.2 Å². The summed E-state index contributed by atoms with van der Waals surface area (Å²) in [6.45, 7) is 1.24. The van der Waals surface area contributed by atoms with Crippen molar-refractivity contribution in [3.8, 4) is 5.75 Å². The van der Waals surface area contributed by atoms with E-state index in [1.54, 1.807) is 18.2 Å². The monoisotopic (exact) mass is 331 g/mol. The Morgan fingerprint density at radius 2 is 2.08 bits per heavy atom. The maximum absolute atomic E-state index is 13.8. The van der Waals surface area contributed by atoms with Gasteiger partial charge in [-0.3, -0.25) is 5.32 Å². The Morgan fingerprint density at radius 1 is 1.33 bits per heavy atom. The Balaban J connectivity index is 1.53. The molecule has 2 amide bonds. The molecule has 1 aromatic carbocycles. The molecule has 126 valence electrons. The van der Waals surface area contributed by atoms with Gasteiger partial charge in [0.2, 0.25) is 5.95 Å². The van der Waals surface area contributed by atoms with Gasteiger partial charge in [-0.25, -0.2) is 19.2 Å². The van der Waals surface area contributed by atoms with Gasteiger partial charge in [0.05, 0.1) is 25.2 Å². The van der Waals surface area contributed by atoms with E-state index >= 15 is 0 Å². The maximum Gasteiger partial charge on any atom is 0.321 e. The standard InChI is InChI=1S/C16H18FN5O2/c1-24-12-8-18-15(19-9-12)21-16(23)20-11-6-7-22(10-11)14-5-3-2-4-13(14)17/h2-5,8-9,11H,6-7,10H2,1H3,(H2,18,19,20,21,23). The molecular weight excluding hydrogens is 313 g/mol. The second kappa shape index (κ2) is 7.12. The second-order valence-electron chi connectivity index (χ2n) is 5.43. The van der Waals surface area contributed by atoms with Crippen molar-refractivity contribution in [2.24, 2.45) is 0 Å². The summed E-state index contributed by atoms with van der Waals surface area (Å²) >= 11 is 0. The lowest BCUT2D eigenvalue weighted by atomic mass is 10.2. The van der Waals surface area contributed by atoms with E-state index in [2.05, 4.69) is 20.6 Å². The fourth-order valence-corrected chi connectivity index (χ4v) is 2.61. The zero-order valence-electron chi connectivity index (χ0n) is 13.2. The Kier molecular flexibility index (Phi) is 4.74. The van der Waals surface area contributed by atoms with Crippen LogP contribution in [0.4, 0.5) is 20.8 Å². The Labute approximate surface area is 138 Å². The van der Waals surface area contributed by atoms with E-state index in [9.17, 15) is 9.18 Å². The number of rotatable bonds is 4. The van der Waals surface area contributed by atoms with Gasteiger partial charge in [-0.2, -0.15) is 0 Å². The number of methoxy groups -OCH3 is 1. The minimum absolute atomic E-state index is 0.0668. The van der Waals surface area contributed by atoms with Crippen LogP contribution in [0.3, 0.4) is 0 Å². The summed E-state index contributed by atoms with van der Waals surface area (Å²) in [7, 11) is 1.51. The number of amides is 2. The van der Waals surface area contributed by atoms with Gasteiger partial charge in [0, 0.05) is 19.1 Å². The summed E-state index contributed by atoms with van der Waals surface area (Å²) < 4.78 is 18.8. The molecule has 0 saturated carbocycles. The van der Waals surface area contributed by atoms with Crippen LogP contribution < -0.4 is 20.3 Å². The van der Waals surface area contributed by atoms with Crippen molar-refractivity contribution in [2.45, 2.75) is 12.5 Å². The van der Waals surface area contributed by atoms with Crippen molar-refractivity contribution in [3.63, 3.8) is 0 Å². The molecule has 24 heavy (non-hydrogen) atoms. The largest absolute Gasteiger partial charge is 0.494 e. The van der Waals surface area contributed by atoms with Crippen LogP contribution in [0.1, 0.15) is 6.42 Å². The number of urea groups is 1. The van der Waals surface area contributed by atoms with E-state index < -0.39 is 0 Å². The number of hydrogen-bond acceptors (Lipinski definition) is 5. The zero-order chi connectivity index (χ0) is 16.9. The lowest BCUT2D eigenvalue weighted by Crippen LogP contribution is -2.40. The van der Waals surface area contributed by atoms with E-state index in [1.807, 2.05) is 4.90 Å². The van der Waals surface area contributed by atoms with Gasteiger partial charge in [-0.1, -0.05) is 12.1 Å². The quantitative estimate of drug-likeness (QED) is 0.896. The molecule has 2 N–H and O–H groups in total. The first-order valence-electron chi connectivity index (χ1n) is 7.59. The highest BCUT2D eigenvalue weighted by atomic mass is 19.1. The number of hydrogen-bond donors (Lipinski definition) is 2. The number of ether oxygens (including phenoxy) is 1. The number of nitrogens with one attached hydrogen (secondary N) is 2. The summed E-state index contributed by atoms with van der Waals surface area (Å²) in [6.07, 6.45) is 3.68. The van der Waals surface area contributed by atoms with Gasteiger partial charge < -0.3 is 15.0 Å². The van der Waals surface area contributed by atoms with Crippen LogP contribution in [0.2, 0.25) is 0 Å². The summed E-state index contributed by atoms with van der Waals surface area (Å²) in [4.78, 5) is 21.9. The molecule has 0 spiro atoms. The summed E-state index contributed by atoms with van der Waals surface area (Å²) in [6, 6.07) is 6.18. The molecule has 0 aliphatic carbocycles. The lowest BCUT2D eigenvalue weighted by molar-refractivity contribution is 0.249. The van der Waals surface area contributed by atoms with Crippen LogP contribution in [0.25, 0.3) is 0 Å². The van der Waals surface area contributed by atoms with E-state index in [4.69, 9.17) is 4.74 Å². The third-order valence-corrected chi connectivity index (χ3v) is 3.81. The Hall–Kier alpha value is -2.90. The molecule has 1 aliphatic heterocycles. The minimum atomic E-state index is -0.388. The fraction of sp³-hybridized carbons (Fsp3) is 0.312. The van der Waals surface area contributed by atoms with Crippen LogP contribution in [0, 0.1) is 5.82 Å². The van der Waals surface area contributed by atoms with Crippen LogP contribution in [0.5, 0.6) is 5.75 Å². The SMILES string of the molecule is COc1cnc(NC(=O)NC2CCN(c3ccccc3F)C2)nc1. The fourth-order valence-electron chi connectivity index (χ4n) is 2.61. The molecule has 2 aromatic rings. The maximum atomic E-state index is 13.8. The molecular formula is C16H18FN5O2. The summed E-state index contributed by atoms with van der Waals surface area (Å²) in [5, 5.41) is 5.42. The molecule has 0 bridgehead atoms. The number of nitrogens with zero attached hydrogens (tertiary/aromatic N) is 3. The van der Waals surface area contributed by atoms with Crippen molar-refractivity contribution >= 4 is 17.7 Å². The molecule has 1 aliphatic rings. The number of carbonyl (C=O) groups is 1. The van der Waals surface area contributed by atoms with Crippen molar-refractivity contribution in [1.82, 2.24) is 15.3 Å². The first-order chi connectivity index (χ1) is 11.7. The van der Waals surface area contributed by atoms with Crippen LogP contribution in [-0.2, 0) is 0 Å². The Bertz CT molecular complexity index is 710. The second-order valence-corrected chi connectivity index (χ2v) is 5.43. The topological polar surface area (TPSA) is 79.4 Å². The van der Waals surface area contributed by atoms with Crippen LogP contribution in [0.15, 0.2) is 36.7 Å². The number of carbonyl (C=O) groups excluding carboxylic acids is 1. The molecule has 1 atom stereocenters. The highest BCUT2D eigenvalue weighted by molar-refractivity contribution is 5.87. The first-order valence-corrected chi connectivity index (χ1v) is 7.59. The zero-order valence-corrected chi connectivity index (χ0v) is 13.2. The minimum Gasteiger partial charge on any atom is -0.494 e. The summed E-state index contributed by atoms with van der Waals surface area (Å²) in [5.74, 6) is 0.448. The molecule has 8 heteroatoms. The predicted molar refractivity (Wildman–Crippen MR) is 87.8 cm³/mol. The molecule has 1 fully saturated rings. The molecule has 1 aromatic heterocycles. The van der Waals surface area contributed by atoms with E-state index in [0.29, 0.717) is 24.5 Å². The third kappa shape index (κ3) is 3.70. The van der Waals surface area contributed by atoms with E-state index in [0.717, 1.165) is 6.42 Å². The van der Waals surface area contributed by atoms with Crippen molar-refractivity contribution in [2.75, 3.05) is 30.4 Å². The highest BCUT2D eigenvalue weighted by Crippen LogP contribution is 2.23. The van der Waals surface area contributed by atoms with Crippen molar-refractivity contribution in [3.05, 3.63) is 42.5 Å². The van der Waals surface area contributed by atoms with Gasteiger partial charge in [0.15, 0.2) is 5.75 Å². The smallest absolute Gasteiger partial charge is 0.321 e. The summed E-state index contributed by atoms with van der Waals surface area (Å²) in [5.41, 5.74) is 0.556.